The lowest BCUT2D eigenvalue weighted by atomic mass is 10.0. The zero-order valence-corrected chi connectivity index (χ0v) is 10.5. The fourth-order valence-electron chi connectivity index (χ4n) is 2.60. The standard InChI is InChI=1S/C14H15F2N3/c15-11-2-3-13(16)14(10-11)18-8-4-12(5-9-18)19-7-1-6-17-19/h1-3,6-7,10,12H,4-5,8-9H2. The third kappa shape index (κ3) is 2.45. The van der Waals surface area contributed by atoms with E-state index in [0.717, 1.165) is 18.9 Å². The summed E-state index contributed by atoms with van der Waals surface area (Å²) in [6, 6.07) is 5.85. The first-order valence-electron chi connectivity index (χ1n) is 6.43. The molecule has 0 saturated carbocycles. The minimum atomic E-state index is -0.398. The molecule has 0 unspecified atom stereocenters. The Bertz CT molecular complexity index is 546. The average molecular weight is 263 g/mol. The number of anilines is 1. The van der Waals surface area contributed by atoms with Crippen LogP contribution in [0.4, 0.5) is 14.5 Å². The van der Waals surface area contributed by atoms with Gasteiger partial charge in [-0.1, -0.05) is 0 Å². The lowest BCUT2D eigenvalue weighted by Crippen LogP contribution is -2.35. The topological polar surface area (TPSA) is 21.1 Å². The smallest absolute Gasteiger partial charge is 0.146 e. The number of hydrogen-bond donors (Lipinski definition) is 0. The van der Waals surface area contributed by atoms with E-state index >= 15 is 0 Å². The first-order valence-corrected chi connectivity index (χ1v) is 6.43. The lowest BCUT2D eigenvalue weighted by molar-refractivity contribution is 0.365. The summed E-state index contributed by atoms with van der Waals surface area (Å²) in [6.45, 7) is 1.43. The number of nitrogens with zero attached hydrogens (tertiary/aromatic N) is 3. The zero-order valence-electron chi connectivity index (χ0n) is 10.5. The molecule has 3 nitrogen and oxygen atoms in total. The van der Waals surface area contributed by atoms with Crippen LogP contribution in [0.25, 0.3) is 0 Å². The van der Waals surface area contributed by atoms with Crippen LogP contribution in [-0.4, -0.2) is 22.9 Å². The number of piperidine rings is 1. The van der Waals surface area contributed by atoms with Crippen molar-refractivity contribution in [2.24, 2.45) is 0 Å². The molecule has 0 N–H and O–H groups in total. The summed E-state index contributed by atoms with van der Waals surface area (Å²) in [5, 5.41) is 4.23. The molecule has 0 bridgehead atoms. The highest BCUT2D eigenvalue weighted by molar-refractivity contribution is 5.48. The fourth-order valence-corrected chi connectivity index (χ4v) is 2.60. The van der Waals surface area contributed by atoms with Gasteiger partial charge in [0, 0.05) is 31.5 Å². The van der Waals surface area contributed by atoms with E-state index < -0.39 is 5.82 Å². The molecule has 1 saturated heterocycles. The number of rotatable bonds is 2. The predicted molar refractivity (Wildman–Crippen MR) is 69.1 cm³/mol. The van der Waals surface area contributed by atoms with E-state index in [9.17, 15) is 8.78 Å². The van der Waals surface area contributed by atoms with E-state index in [1.807, 2.05) is 21.8 Å². The molecule has 1 aromatic heterocycles. The molecule has 0 aliphatic carbocycles. The van der Waals surface area contributed by atoms with Crippen LogP contribution in [0.15, 0.2) is 36.7 Å². The summed E-state index contributed by atoms with van der Waals surface area (Å²) in [4.78, 5) is 1.90. The molecule has 0 radical (unpaired) electrons. The molecular formula is C14H15F2N3. The van der Waals surface area contributed by atoms with Crippen molar-refractivity contribution < 1.29 is 8.78 Å². The molecule has 0 spiro atoms. The molecule has 3 rings (SSSR count). The number of hydrogen-bond acceptors (Lipinski definition) is 2. The van der Waals surface area contributed by atoms with E-state index in [2.05, 4.69) is 5.10 Å². The van der Waals surface area contributed by atoms with Crippen LogP contribution >= 0.6 is 0 Å². The molecule has 100 valence electrons. The zero-order chi connectivity index (χ0) is 13.2. The molecule has 1 aromatic carbocycles. The summed E-state index contributed by atoms with van der Waals surface area (Å²) in [7, 11) is 0. The van der Waals surface area contributed by atoms with Gasteiger partial charge in [-0.3, -0.25) is 4.68 Å². The molecule has 1 fully saturated rings. The third-order valence-electron chi connectivity index (χ3n) is 3.61. The van der Waals surface area contributed by atoms with Crippen molar-refractivity contribution in [3.63, 3.8) is 0 Å². The quantitative estimate of drug-likeness (QED) is 0.830. The van der Waals surface area contributed by atoms with Crippen LogP contribution in [-0.2, 0) is 0 Å². The normalized spacial score (nSPS) is 16.8. The molecule has 1 aliphatic heterocycles. The Morgan fingerprint density at radius 1 is 1.16 bits per heavy atom. The molecule has 2 heterocycles. The number of halogens is 2. The summed E-state index contributed by atoms with van der Waals surface area (Å²) in [6.07, 6.45) is 5.48. The van der Waals surface area contributed by atoms with Gasteiger partial charge in [-0.05, 0) is 31.0 Å². The van der Waals surface area contributed by atoms with Crippen LogP contribution in [0.2, 0.25) is 0 Å². The molecule has 5 heteroatoms. The van der Waals surface area contributed by atoms with Gasteiger partial charge >= 0.3 is 0 Å². The van der Waals surface area contributed by atoms with Crippen molar-refractivity contribution >= 4 is 5.69 Å². The van der Waals surface area contributed by atoms with Gasteiger partial charge in [0.25, 0.3) is 0 Å². The van der Waals surface area contributed by atoms with Gasteiger partial charge in [-0.25, -0.2) is 8.78 Å². The van der Waals surface area contributed by atoms with Crippen molar-refractivity contribution in [2.45, 2.75) is 18.9 Å². The molecular weight excluding hydrogens is 248 g/mol. The Hall–Kier alpha value is -1.91. The van der Waals surface area contributed by atoms with Crippen molar-refractivity contribution in [1.82, 2.24) is 9.78 Å². The van der Waals surface area contributed by atoms with E-state index in [4.69, 9.17) is 0 Å². The minimum absolute atomic E-state index is 0.350. The van der Waals surface area contributed by atoms with Crippen molar-refractivity contribution in [1.29, 1.82) is 0 Å². The molecule has 19 heavy (non-hydrogen) atoms. The second-order valence-electron chi connectivity index (χ2n) is 4.80. The first kappa shape index (κ1) is 12.1. The van der Waals surface area contributed by atoms with Crippen LogP contribution in [0.1, 0.15) is 18.9 Å². The van der Waals surface area contributed by atoms with Gasteiger partial charge in [0.15, 0.2) is 0 Å². The highest BCUT2D eigenvalue weighted by Crippen LogP contribution is 2.28. The van der Waals surface area contributed by atoms with E-state index in [0.29, 0.717) is 24.8 Å². The summed E-state index contributed by atoms with van der Waals surface area (Å²) in [5.41, 5.74) is 0.360. The average Bonchev–Trinajstić information content (AvgIpc) is 2.96. The Morgan fingerprint density at radius 3 is 2.63 bits per heavy atom. The Morgan fingerprint density at radius 2 is 1.95 bits per heavy atom. The Balaban J connectivity index is 1.71. The predicted octanol–water partition coefficient (Wildman–Crippen LogP) is 3.00. The highest BCUT2D eigenvalue weighted by atomic mass is 19.1. The minimum Gasteiger partial charge on any atom is -0.369 e. The van der Waals surface area contributed by atoms with Crippen molar-refractivity contribution in [3.05, 3.63) is 48.3 Å². The second-order valence-corrected chi connectivity index (χ2v) is 4.80. The molecule has 1 aliphatic rings. The maximum atomic E-state index is 13.7. The van der Waals surface area contributed by atoms with Gasteiger partial charge in [-0.15, -0.1) is 0 Å². The van der Waals surface area contributed by atoms with Crippen LogP contribution in [0.3, 0.4) is 0 Å². The largest absolute Gasteiger partial charge is 0.369 e. The van der Waals surface area contributed by atoms with E-state index in [1.165, 1.54) is 12.1 Å². The molecule has 0 amide bonds. The van der Waals surface area contributed by atoms with Crippen molar-refractivity contribution in [2.75, 3.05) is 18.0 Å². The summed E-state index contributed by atoms with van der Waals surface area (Å²) < 4.78 is 28.8. The molecule has 0 atom stereocenters. The molecule has 2 aromatic rings. The van der Waals surface area contributed by atoms with E-state index in [1.54, 1.807) is 6.20 Å². The maximum Gasteiger partial charge on any atom is 0.146 e. The monoisotopic (exact) mass is 263 g/mol. The summed E-state index contributed by atoms with van der Waals surface area (Å²) in [5.74, 6) is -0.760. The van der Waals surface area contributed by atoms with Gasteiger partial charge in [0.05, 0.1) is 11.7 Å². The first-order chi connectivity index (χ1) is 9.24. The van der Waals surface area contributed by atoms with Crippen LogP contribution in [0.5, 0.6) is 0 Å². The Labute approximate surface area is 110 Å². The highest BCUT2D eigenvalue weighted by Gasteiger charge is 2.22. The maximum absolute atomic E-state index is 13.7. The van der Waals surface area contributed by atoms with Gasteiger partial charge in [0.2, 0.25) is 0 Å². The van der Waals surface area contributed by atoms with Gasteiger partial charge in [-0.2, -0.15) is 5.10 Å². The number of benzene rings is 1. The fraction of sp³-hybridized carbons (Fsp3) is 0.357. The SMILES string of the molecule is Fc1ccc(F)c(N2CCC(n3cccn3)CC2)c1. The lowest BCUT2D eigenvalue weighted by Gasteiger charge is -2.33. The van der Waals surface area contributed by atoms with Gasteiger partial charge < -0.3 is 4.90 Å². The second kappa shape index (κ2) is 4.99. The van der Waals surface area contributed by atoms with Crippen LogP contribution in [0, 0.1) is 11.6 Å². The van der Waals surface area contributed by atoms with Crippen molar-refractivity contribution in [3.8, 4) is 0 Å². The van der Waals surface area contributed by atoms with E-state index in [-0.39, 0.29) is 5.82 Å². The van der Waals surface area contributed by atoms with Gasteiger partial charge in [0.1, 0.15) is 11.6 Å². The van der Waals surface area contributed by atoms with Crippen LogP contribution < -0.4 is 4.90 Å². The summed E-state index contributed by atoms with van der Waals surface area (Å²) >= 11 is 0. The third-order valence-corrected chi connectivity index (χ3v) is 3.61. The Kier molecular flexibility index (Phi) is 3.19. The number of aromatic nitrogens is 2.